The van der Waals surface area contributed by atoms with Crippen LogP contribution in [0.25, 0.3) is 0 Å². The normalized spacial score (nSPS) is 17.7. The van der Waals surface area contributed by atoms with Gasteiger partial charge in [-0.1, -0.05) is 0 Å². The molecule has 1 heterocycles. The highest BCUT2D eigenvalue weighted by Gasteiger charge is 2.22. The third-order valence-electron chi connectivity index (χ3n) is 2.76. The molecule has 0 aromatic heterocycles. The number of rotatable bonds is 6. The van der Waals surface area contributed by atoms with Gasteiger partial charge in [0.05, 0.1) is 6.54 Å². The molecule has 1 saturated heterocycles. The number of hydrogen-bond acceptors (Lipinski definition) is 5. The molecule has 1 aliphatic heterocycles. The Hall–Kier alpha value is -1.83. The molecule has 8 nitrogen and oxygen atoms in total. The molecule has 1 aliphatic rings. The fourth-order valence-corrected chi connectivity index (χ4v) is 1.82. The van der Waals surface area contributed by atoms with E-state index in [1.165, 1.54) is 0 Å². The van der Waals surface area contributed by atoms with E-state index >= 15 is 0 Å². The van der Waals surface area contributed by atoms with Crippen molar-refractivity contribution in [3.63, 3.8) is 0 Å². The molecule has 0 aromatic carbocycles. The molecule has 3 amide bonds. The highest BCUT2D eigenvalue weighted by Crippen LogP contribution is 2.11. The van der Waals surface area contributed by atoms with Gasteiger partial charge in [-0.3, -0.25) is 9.59 Å². The van der Waals surface area contributed by atoms with Crippen LogP contribution in [0.4, 0.5) is 4.79 Å². The number of carbonyl (C=O) groups excluding carboxylic acids is 3. The minimum atomic E-state index is -0.644. The molecule has 0 aromatic rings. The van der Waals surface area contributed by atoms with Crippen molar-refractivity contribution in [3.8, 4) is 0 Å². The molecule has 0 bridgehead atoms. The van der Waals surface area contributed by atoms with Gasteiger partial charge >= 0.3 is 6.09 Å². The predicted octanol–water partition coefficient (Wildman–Crippen LogP) is -0.0775. The second-order valence-electron chi connectivity index (χ2n) is 6.00. The molecule has 0 saturated carbocycles. The highest BCUT2D eigenvalue weighted by molar-refractivity contribution is 5.82. The van der Waals surface area contributed by atoms with Crippen molar-refractivity contribution < 1.29 is 23.9 Å². The van der Waals surface area contributed by atoms with Crippen LogP contribution in [0.2, 0.25) is 0 Å². The summed E-state index contributed by atoms with van der Waals surface area (Å²) >= 11 is 0. The quantitative estimate of drug-likeness (QED) is 0.595. The van der Waals surface area contributed by atoms with Gasteiger partial charge in [-0.15, -0.1) is 0 Å². The van der Waals surface area contributed by atoms with E-state index in [-0.39, 0.29) is 31.0 Å². The molecule has 0 spiro atoms. The average molecular weight is 315 g/mol. The summed E-state index contributed by atoms with van der Waals surface area (Å²) in [7, 11) is 0. The average Bonchev–Trinajstić information content (AvgIpc) is 2.93. The summed E-state index contributed by atoms with van der Waals surface area (Å²) in [5.74, 6) is -0.504. The van der Waals surface area contributed by atoms with Gasteiger partial charge in [-0.05, 0) is 33.6 Å². The Morgan fingerprint density at radius 1 is 1.14 bits per heavy atom. The van der Waals surface area contributed by atoms with Crippen LogP contribution in [-0.4, -0.2) is 55.9 Å². The van der Waals surface area contributed by atoms with Crippen LogP contribution in [0.3, 0.4) is 0 Å². The van der Waals surface area contributed by atoms with E-state index in [9.17, 15) is 14.4 Å². The Labute approximate surface area is 130 Å². The summed E-state index contributed by atoms with van der Waals surface area (Å²) in [6.07, 6.45) is 0.613. The lowest BCUT2D eigenvalue weighted by atomic mass is 10.2. The monoisotopic (exact) mass is 315 g/mol. The maximum atomic E-state index is 11.6. The lowest BCUT2D eigenvalue weighted by Crippen LogP contribution is -2.43. The summed E-state index contributed by atoms with van der Waals surface area (Å²) in [6, 6.07) is 0. The molecular weight excluding hydrogens is 290 g/mol. The van der Waals surface area contributed by atoms with Crippen molar-refractivity contribution in [1.29, 1.82) is 0 Å². The van der Waals surface area contributed by atoms with Crippen LogP contribution in [0.1, 0.15) is 33.6 Å². The van der Waals surface area contributed by atoms with Gasteiger partial charge in [0.15, 0.2) is 0 Å². The number of nitrogens with one attached hydrogen (secondary N) is 3. The van der Waals surface area contributed by atoms with Crippen LogP contribution in [0.5, 0.6) is 0 Å². The van der Waals surface area contributed by atoms with E-state index in [1.807, 2.05) is 0 Å². The third kappa shape index (κ3) is 7.82. The Morgan fingerprint density at radius 2 is 1.82 bits per heavy atom. The van der Waals surface area contributed by atoms with Gasteiger partial charge in [0, 0.05) is 19.7 Å². The van der Waals surface area contributed by atoms with Crippen LogP contribution in [0.15, 0.2) is 0 Å². The van der Waals surface area contributed by atoms with E-state index in [1.54, 1.807) is 20.8 Å². The van der Waals surface area contributed by atoms with E-state index in [4.69, 9.17) is 9.47 Å². The molecular formula is C14H25N3O5. The zero-order valence-corrected chi connectivity index (χ0v) is 13.4. The fraction of sp³-hybridized carbons (Fsp3) is 0.786. The molecule has 0 radical (unpaired) electrons. The molecule has 126 valence electrons. The zero-order valence-electron chi connectivity index (χ0n) is 13.4. The largest absolute Gasteiger partial charge is 0.444 e. The molecule has 0 aliphatic carbocycles. The predicted molar refractivity (Wildman–Crippen MR) is 79.2 cm³/mol. The van der Waals surface area contributed by atoms with E-state index in [2.05, 4.69) is 16.0 Å². The zero-order chi connectivity index (χ0) is 16.6. The summed E-state index contributed by atoms with van der Waals surface area (Å²) in [5, 5.41) is 7.62. The van der Waals surface area contributed by atoms with Crippen molar-refractivity contribution in [1.82, 2.24) is 16.0 Å². The van der Waals surface area contributed by atoms with Crippen molar-refractivity contribution in [2.24, 2.45) is 0 Å². The molecule has 8 heteroatoms. The number of hydrogen-bond donors (Lipinski definition) is 3. The van der Waals surface area contributed by atoms with E-state index in [0.29, 0.717) is 13.2 Å². The van der Waals surface area contributed by atoms with Gasteiger partial charge < -0.3 is 25.4 Å². The maximum absolute atomic E-state index is 11.6. The lowest BCUT2D eigenvalue weighted by Gasteiger charge is -2.19. The standard InChI is InChI=1S/C14H25N3O5/c1-14(2,3)22-13(20)17-9-11(18)15-6-7-16-12(19)10-5-4-8-21-10/h10H,4-9H2,1-3H3,(H,15,18)(H,16,19)(H,17,20). The first-order chi connectivity index (χ1) is 10.3. The second-order valence-corrected chi connectivity index (χ2v) is 6.00. The summed E-state index contributed by atoms with van der Waals surface area (Å²) < 4.78 is 10.2. The molecule has 1 rings (SSSR count). The summed E-state index contributed by atoms with van der Waals surface area (Å²) in [6.45, 7) is 6.26. The Bertz CT molecular complexity index is 400. The molecule has 1 fully saturated rings. The second kappa shape index (κ2) is 8.57. The van der Waals surface area contributed by atoms with Crippen molar-refractivity contribution >= 4 is 17.9 Å². The van der Waals surface area contributed by atoms with Gasteiger partial charge in [0.1, 0.15) is 11.7 Å². The summed E-state index contributed by atoms with van der Waals surface area (Å²) in [5.41, 5.74) is -0.604. The highest BCUT2D eigenvalue weighted by atomic mass is 16.6. The Morgan fingerprint density at radius 3 is 2.41 bits per heavy atom. The first-order valence-corrected chi connectivity index (χ1v) is 7.41. The molecule has 3 N–H and O–H groups in total. The van der Waals surface area contributed by atoms with Crippen LogP contribution >= 0.6 is 0 Å². The number of ether oxygens (including phenoxy) is 2. The van der Waals surface area contributed by atoms with Crippen LogP contribution in [0, 0.1) is 0 Å². The SMILES string of the molecule is CC(C)(C)OC(=O)NCC(=O)NCCNC(=O)C1CCCO1. The first kappa shape index (κ1) is 18.2. The fourth-order valence-electron chi connectivity index (χ4n) is 1.82. The van der Waals surface area contributed by atoms with Crippen LogP contribution in [-0.2, 0) is 19.1 Å². The minimum absolute atomic E-state index is 0.154. The topological polar surface area (TPSA) is 106 Å². The van der Waals surface area contributed by atoms with Gasteiger partial charge in [-0.25, -0.2) is 4.79 Å². The van der Waals surface area contributed by atoms with Gasteiger partial charge in [0.25, 0.3) is 0 Å². The van der Waals surface area contributed by atoms with Crippen LogP contribution < -0.4 is 16.0 Å². The smallest absolute Gasteiger partial charge is 0.408 e. The minimum Gasteiger partial charge on any atom is -0.444 e. The lowest BCUT2D eigenvalue weighted by molar-refractivity contribution is -0.130. The molecule has 1 unspecified atom stereocenters. The Balaban J connectivity index is 2.06. The third-order valence-corrected chi connectivity index (χ3v) is 2.76. The van der Waals surface area contributed by atoms with Gasteiger partial charge in [0.2, 0.25) is 11.8 Å². The number of amides is 3. The van der Waals surface area contributed by atoms with Gasteiger partial charge in [-0.2, -0.15) is 0 Å². The van der Waals surface area contributed by atoms with Crippen molar-refractivity contribution in [3.05, 3.63) is 0 Å². The first-order valence-electron chi connectivity index (χ1n) is 7.41. The maximum Gasteiger partial charge on any atom is 0.408 e. The number of alkyl carbamates (subject to hydrolysis) is 1. The Kier molecular flexibility index (Phi) is 7.10. The van der Waals surface area contributed by atoms with E-state index < -0.39 is 11.7 Å². The summed E-state index contributed by atoms with van der Waals surface area (Å²) in [4.78, 5) is 34.5. The van der Waals surface area contributed by atoms with Crippen molar-refractivity contribution in [2.45, 2.75) is 45.3 Å². The number of carbonyl (C=O) groups is 3. The molecule has 1 atom stereocenters. The van der Waals surface area contributed by atoms with E-state index in [0.717, 1.165) is 12.8 Å². The van der Waals surface area contributed by atoms with Crippen molar-refractivity contribution in [2.75, 3.05) is 26.2 Å². The molecule has 22 heavy (non-hydrogen) atoms.